The maximum Gasteiger partial charge on any atom is 0.325 e. The Balaban J connectivity index is 3.67. The molecular weight excluding hydrogens is 275 g/mol. The van der Waals surface area contributed by atoms with Crippen molar-refractivity contribution in [3.8, 4) is 0 Å². The molecule has 0 heterocycles. The van der Waals surface area contributed by atoms with Crippen LogP contribution in [0, 0.1) is 0 Å². The molecule has 0 aliphatic carbocycles. The summed E-state index contributed by atoms with van der Waals surface area (Å²) in [6.45, 7) is 3.30. The van der Waals surface area contributed by atoms with Crippen LogP contribution in [-0.2, 0) is 14.1 Å². The number of esters is 1. The maximum absolute atomic E-state index is 11.1. The molecule has 5 nitrogen and oxygen atoms in total. The van der Waals surface area contributed by atoms with Crippen LogP contribution in [0.3, 0.4) is 0 Å². The van der Waals surface area contributed by atoms with Gasteiger partial charge in [0.15, 0.2) is 0 Å². The molecule has 0 aromatic rings. The van der Waals surface area contributed by atoms with E-state index in [1.165, 1.54) is 0 Å². The predicted molar refractivity (Wildman–Crippen MR) is 55.5 cm³/mol. The normalized spacial score (nSPS) is 12.6. The number of halogens is 1. The van der Waals surface area contributed by atoms with E-state index >= 15 is 0 Å². The second-order valence-corrected chi connectivity index (χ2v) is 7.11. The summed E-state index contributed by atoms with van der Waals surface area (Å²) >= 11 is 3.11. The zero-order valence-electron chi connectivity index (χ0n) is 8.07. The van der Waals surface area contributed by atoms with Crippen LogP contribution in [0.4, 0.5) is 0 Å². The van der Waals surface area contributed by atoms with Crippen LogP contribution in [0.5, 0.6) is 0 Å². The smallest absolute Gasteiger partial charge is 0.325 e. The highest BCUT2D eigenvalue weighted by Gasteiger charge is 2.25. The first-order chi connectivity index (χ1) is 6.13. The Hall–Kier alpha value is 0.1000. The molecule has 0 atom stereocenters. The van der Waals surface area contributed by atoms with E-state index in [2.05, 4.69) is 15.9 Å². The molecule has 2 N–H and O–H groups in total. The lowest BCUT2D eigenvalue weighted by Gasteiger charge is -2.14. The summed E-state index contributed by atoms with van der Waals surface area (Å²) in [6.07, 6.45) is -0.0951. The van der Waals surface area contributed by atoms with Gasteiger partial charge in [0.1, 0.15) is 4.32 Å². The fourth-order valence-electron chi connectivity index (χ4n) is 0.607. The van der Waals surface area contributed by atoms with Crippen molar-refractivity contribution >= 4 is 29.5 Å². The van der Waals surface area contributed by atoms with Gasteiger partial charge >= 0.3 is 13.6 Å². The van der Waals surface area contributed by atoms with E-state index in [1.807, 2.05) is 0 Å². The number of carbonyl (C=O) groups is 1. The van der Waals surface area contributed by atoms with Crippen LogP contribution in [-0.4, -0.2) is 32.8 Å². The van der Waals surface area contributed by atoms with Crippen LogP contribution in [0.1, 0.15) is 20.3 Å². The Morgan fingerprint density at radius 3 is 2.36 bits per heavy atom. The highest BCUT2D eigenvalue weighted by Crippen LogP contribution is 2.34. The van der Waals surface area contributed by atoms with Crippen molar-refractivity contribution in [1.29, 1.82) is 0 Å². The van der Waals surface area contributed by atoms with E-state index in [-0.39, 0.29) is 19.2 Å². The van der Waals surface area contributed by atoms with E-state index in [1.54, 1.807) is 13.8 Å². The van der Waals surface area contributed by atoms with Gasteiger partial charge in [-0.15, -0.1) is 0 Å². The summed E-state index contributed by atoms with van der Waals surface area (Å²) in [4.78, 5) is 28.1. The Morgan fingerprint density at radius 2 is 2.00 bits per heavy atom. The largest absolute Gasteiger partial charge is 0.465 e. The van der Waals surface area contributed by atoms with Gasteiger partial charge in [-0.3, -0.25) is 9.36 Å². The monoisotopic (exact) mass is 288 g/mol. The number of hydrogen-bond acceptors (Lipinski definition) is 3. The Kier molecular flexibility index (Phi) is 5.30. The van der Waals surface area contributed by atoms with Gasteiger partial charge in [0.25, 0.3) is 0 Å². The zero-order chi connectivity index (χ0) is 11.4. The second kappa shape index (κ2) is 5.26. The Bertz CT molecular complexity index is 241. The molecule has 0 unspecified atom stereocenters. The fraction of sp³-hybridized carbons (Fsp3) is 0.857. The van der Waals surface area contributed by atoms with E-state index < -0.39 is 17.9 Å². The second-order valence-electron chi connectivity index (χ2n) is 3.35. The third-order valence-electron chi connectivity index (χ3n) is 1.31. The lowest BCUT2D eigenvalue weighted by atomic mass is 10.2. The summed E-state index contributed by atoms with van der Waals surface area (Å²) in [6, 6.07) is 0. The first-order valence-electron chi connectivity index (χ1n) is 4.03. The molecule has 0 saturated heterocycles. The molecule has 7 heteroatoms. The quantitative estimate of drug-likeness (QED) is 0.344. The highest BCUT2D eigenvalue weighted by atomic mass is 79.9. The van der Waals surface area contributed by atoms with Crippen LogP contribution in [0.2, 0.25) is 0 Å². The van der Waals surface area contributed by atoms with Crippen LogP contribution >= 0.6 is 23.5 Å². The molecule has 0 fully saturated rings. The molecule has 0 bridgehead atoms. The third kappa shape index (κ3) is 7.50. The zero-order valence-corrected chi connectivity index (χ0v) is 10.5. The molecule has 0 radical (unpaired) electrons. The van der Waals surface area contributed by atoms with Gasteiger partial charge < -0.3 is 14.5 Å². The topological polar surface area (TPSA) is 83.8 Å². The molecule has 14 heavy (non-hydrogen) atoms. The van der Waals surface area contributed by atoms with E-state index in [0.717, 1.165) is 0 Å². The summed E-state index contributed by atoms with van der Waals surface area (Å²) in [5.41, 5.74) is 0. The SMILES string of the molecule is CC(C)(Br)C(=O)OCCCP(=O)(O)O. The molecule has 84 valence electrons. The minimum absolute atomic E-state index is 0.0268. The summed E-state index contributed by atoms with van der Waals surface area (Å²) in [5.74, 6) is -0.441. The fourth-order valence-corrected chi connectivity index (χ4v) is 1.26. The lowest BCUT2D eigenvalue weighted by molar-refractivity contribution is -0.145. The molecule has 0 aliphatic rings. The van der Waals surface area contributed by atoms with E-state index in [9.17, 15) is 9.36 Å². The van der Waals surface area contributed by atoms with E-state index in [4.69, 9.17) is 14.5 Å². The van der Waals surface area contributed by atoms with Crippen molar-refractivity contribution in [1.82, 2.24) is 0 Å². The minimum atomic E-state index is -3.97. The van der Waals surface area contributed by atoms with Crippen molar-refractivity contribution in [3.05, 3.63) is 0 Å². The minimum Gasteiger partial charge on any atom is -0.465 e. The first kappa shape index (κ1) is 14.1. The summed E-state index contributed by atoms with van der Waals surface area (Å²) < 4.78 is 14.4. The first-order valence-corrected chi connectivity index (χ1v) is 6.63. The van der Waals surface area contributed by atoms with Gasteiger partial charge in [-0.1, -0.05) is 15.9 Å². The summed E-state index contributed by atoms with van der Waals surface area (Å²) in [5, 5.41) is 0. The molecule has 0 saturated carbocycles. The van der Waals surface area contributed by atoms with Crippen molar-refractivity contribution in [2.75, 3.05) is 12.8 Å². The average molecular weight is 289 g/mol. The molecule has 0 rings (SSSR count). The average Bonchev–Trinajstić information content (AvgIpc) is 1.93. The maximum atomic E-state index is 11.1. The molecular formula is C7H14BrO5P. The van der Waals surface area contributed by atoms with Crippen molar-refractivity contribution in [2.45, 2.75) is 24.6 Å². The van der Waals surface area contributed by atoms with Crippen LogP contribution in [0.25, 0.3) is 0 Å². The van der Waals surface area contributed by atoms with Crippen molar-refractivity contribution in [2.24, 2.45) is 0 Å². The van der Waals surface area contributed by atoms with Gasteiger partial charge in [-0.2, -0.15) is 0 Å². The van der Waals surface area contributed by atoms with Crippen molar-refractivity contribution < 1.29 is 23.9 Å². The number of rotatable bonds is 5. The van der Waals surface area contributed by atoms with Gasteiger partial charge in [0, 0.05) is 0 Å². The third-order valence-corrected chi connectivity index (χ3v) is 2.53. The van der Waals surface area contributed by atoms with E-state index in [0.29, 0.717) is 0 Å². The predicted octanol–water partition coefficient (Wildman–Crippen LogP) is 1.27. The van der Waals surface area contributed by atoms with Crippen LogP contribution in [0.15, 0.2) is 0 Å². The molecule has 0 aromatic heterocycles. The summed E-state index contributed by atoms with van der Waals surface area (Å²) in [7, 11) is -3.97. The van der Waals surface area contributed by atoms with Gasteiger partial charge in [0.2, 0.25) is 0 Å². The standard InChI is InChI=1S/C7H14BrO5P/c1-7(2,8)6(9)13-4-3-5-14(10,11)12/h3-5H2,1-2H3,(H2,10,11,12). The molecule has 0 spiro atoms. The van der Waals surface area contributed by atoms with Crippen molar-refractivity contribution in [3.63, 3.8) is 0 Å². The van der Waals surface area contributed by atoms with Gasteiger partial charge in [-0.25, -0.2) is 0 Å². The van der Waals surface area contributed by atoms with Gasteiger partial charge in [0.05, 0.1) is 12.8 Å². The lowest BCUT2D eigenvalue weighted by Crippen LogP contribution is -2.27. The van der Waals surface area contributed by atoms with Crippen LogP contribution < -0.4 is 0 Å². The number of alkyl halides is 1. The highest BCUT2D eigenvalue weighted by molar-refractivity contribution is 9.10. The molecule has 0 aromatic carbocycles. The Morgan fingerprint density at radius 1 is 1.50 bits per heavy atom. The van der Waals surface area contributed by atoms with Gasteiger partial charge in [-0.05, 0) is 20.3 Å². The molecule has 0 aliphatic heterocycles. The number of ether oxygens (including phenoxy) is 1. The number of hydrogen-bond donors (Lipinski definition) is 2. The Labute approximate surface area is 91.1 Å². The molecule has 0 amide bonds. The number of carbonyl (C=O) groups excluding carboxylic acids is 1.